The second-order valence-corrected chi connectivity index (χ2v) is 13.2. The first-order chi connectivity index (χ1) is 27.0. The molecule has 0 aliphatic rings. The summed E-state index contributed by atoms with van der Waals surface area (Å²) in [5.41, 5.74) is 28.4. The number of thiol groups is 1. The maximum absolute atomic E-state index is 13.4. The molecule has 22 heteroatoms. The molecule has 57 heavy (non-hydrogen) atoms. The lowest BCUT2D eigenvalue weighted by atomic mass is 10.0. The first kappa shape index (κ1) is 46.9. The molecular weight excluding hydrogens is 765 g/mol. The van der Waals surface area contributed by atoms with Gasteiger partial charge in [-0.3, -0.25) is 34.0 Å². The summed E-state index contributed by atoms with van der Waals surface area (Å²) < 4.78 is 0. The molecule has 0 spiro atoms. The van der Waals surface area contributed by atoms with Crippen LogP contribution in [0.15, 0.2) is 58.5 Å². The molecule has 0 aliphatic heterocycles. The number of aliphatic carboxylic acids is 1. The lowest BCUT2D eigenvalue weighted by Gasteiger charge is -2.24. The van der Waals surface area contributed by atoms with Crippen molar-refractivity contribution >= 4 is 60.1 Å². The highest BCUT2D eigenvalue weighted by atomic mass is 32.1. The number of amides is 5. The van der Waals surface area contributed by atoms with Gasteiger partial charge < -0.3 is 70.6 Å². The van der Waals surface area contributed by atoms with Crippen LogP contribution in [0.2, 0.25) is 0 Å². The van der Waals surface area contributed by atoms with E-state index in [1.807, 2.05) is 0 Å². The van der Waals surface area contributed by atoms with Gasteiger partial charge >= 0.3 is 5.97 Å². The Bertz CT molecular complexity index is 1720. The van der Waals surface area contributed by atoms with E-state index in [9.17, 15) is 44.1 Å². The highest BCUT2D eigenvalue weighted by Gasteiger charge is 2.30. The molecule has 5 amide bonds. The van der Waals surface area contributed by atoms with Crippen LogP contribution in [-0.2, 0) is 41.6 Å². The van der Waals surface area contributed by atoms with Crippen molar-refractivity contribution in [3.8, 4) is 11.5 Å². The molecule has 2 rings (SSSR count). The van der Waals surface area contributed by atoms with Gasteiger partial charge in [0.2, 0.25) is 29.5 Å². The molecule has 0 saturated carbocycles. The average Bonchev–Trinajstić information content (AvgIpc) is 3.16. The molecule has 21 nitrogen and oxygen atoms in total. The molecule has 0 heterocycles. The number of phenols is 2. The van der Waals surface area contributed by atoms with Crippen LogP contribution in [-0.4, -0.2) is 118 Å². The average molecular weight is 817 g/mol. The van der Waals surface area contributed by atoms with Crippen LogP contribution < -0.4 is 55.3 Å². The monoisotopic (exact) mass is 816 g/mol. The molecule has 0 aromatic heterocycles. The Balaban J connectivity index is 2.11. The standard InChI is InChI=1S/C35H52N12O9S/c36-23(3-1-13-41-34(37)38)29(51)45-24(4-2-14-42-35(39)40)31(53)47-27(18-57)30(52)43-17-28(50)44-25(15-19-5-9-21(48)10-6-19)32(54)46-26(33(55)56)16-20-7-11-22(49)12-8-20/h5-12,23-27,48-49,57H,1-4,13-18,36H2,(H,43,52)(H,44,50)(H,45,51)(H,46,54)(H,47,53)(H,55,56)(H4,37,38,41)(H4,39,40,42)/t23-,24-,25-,26-,27-/m0/s1. The molecule has 0 radical (unpaired) electrons. The van der Waals surface area contributed by atoms with Gasteiger partial charge in [-0.15, -0.1) is 0 Å². The number of aromatic hydroxyl groups is 2. The van der Waals surface area contributed by atoms with Crippen LogP contribution in [0, 0.1) is 0 Å². The van der Waals surface area contributed by atoms with Gasteiger partial charge in [-0.1, -0.05) is 24.3 Å². The van der Waals surface area contributed by atoms with Gasteiger partial charge in [-0.25, -0.2) is 4.79 Å². The number of hydrogen-bond donors (Lipinski definition) is 14. The van der Waals surface area contributed by atoms with Gasteiger partial charge in [-0.2, -0.15) is 12.6 Å². The summed E-state index contributed by atoms with van der Waals surface area (Å²) in [7, 11) is 0. The smallest absolute Gasteiger partial charge is 0.326 e. The molecule has 5 atom stereocenters. The number of guanidine groups is 2. The lowest BCUT2D eigenvalue weighted by molar-refractivity contribution is -0.142. The zero-order valence-corrected chi connectivity index (χ0v) is 32.0. The van der Waals surface area contributed by atoms with E-state index < -0.39 is 72.3 Å². The van der Waals surface area contributed by atoms with Crippen LogP contribution in [0.3, 0.4) is 0 Å². The Morgan fingerprint density at radius 2 is 1.07 bits per heavy atom. The van der Waals surface area contributed by atoms with Gasteiger partial charge in [0.15, 0.2) is 11.9 Å². The highest BCUT2D eigenvalue weighted by molar-refractivity contribution is 7.80. The van der Waals surface area contributed by atoms with Gasteiger partial charge in [0.1, 0.15) is 35.7 Å². The number of rotatable bonds is 24. The number of phenolic OH excluding ortho intramolecular Hbond substituents is 2. The van der Waals surface area contributed by atoms with E-state index in [2.05, 4.69) is 49.2 Å². The fraction of sp³-hybridized carbons (Fsp3) is 0.429. The number of nitrogens with one attached hydrogen (secondary N) is 5. The summed E-state index contributed by atoms with van der Waals surface area (Å²) in [6.07, 6.45) is 0.643. The summed E-state index contributed by atoms with van der Waals surface area (Å²) in [4.78, 5) is 85.6. The van der Waals surface area contributed by atoms with E-state index in [1.165, 1.54) is 48.5 Å². The number of aliphatic imine (C=N–C) groups is 2. The third-order valence-corrected chi connectivity index (χ3v) is 8.51. The number of carboxylic acid groups (broad SMARTS) is 1. The van der Waals surface area contributed by atoms with Crippen molar-refractivity contribution < 1.29 is 44.1 Å². The van der Waals surface area contributed by atoms with Gasteiger partial charge in [0.25, 0.3) is 0 Å². The van der Waals surface area contributed by atoms with Gasteiger partial charge in [0.05, 0.1) is 12.6 Å². The second-order valence-electron chi connectivity index (χ2n) is 12.8. The summed E-state index contributed by atoms with van der Waals surface area (Å²) in [5, 5.41) is 41.4. The van der Waals surface area contributed by atoms with Crippen LogP contribution in [0.1, 0.15) is 36.8 Å². The van der Waals surface area contributed by atoms with E-state index in [-0.39, 0.29) is 74.4 Å². The van der Waals surface area contributed by atoms with Crippen molar-refractivity contribution in [3.63, 3.8) is 0 Å². The predicted molar refractivity (Wildman–Crippen MR) is 214 cm³/mol. The van der Waals surface area contributed by atoms with Crippen molar-refractivity contribution in [1.29, 1.82) is 0 Å². The Labute approximate surface area is 334 Å². The SMILES string of the molecule is NC(N)=NCCC[C@H](NC(=O)[C@@H](N)CCCN=C(N)N)C(=O)N[C@@H](CS)C(=O)NCC(=O)N[C@@H](Cc1ccc(O)cc1)C(=O)N[C@@H](Cc1ccc(O)cc1)C(=O)O. The van der Waals surface area contributed by atoms with Crippen molar-refractivity contribution in [2.75, 3.05) is 25.4 Å². The van der Waals surface area contributed by atoms with Crippen LogP contribution in [0.5, 0.6) is 11.5 Å². The van der Waals surface area contributed by atoms with E-state index in [1.54, 1.807) is 0 Å². The van der Waals surface area contributed by atoms with E-state index in [0.29, 0.717) is 17.5 Å². The third kappa shape index (κ3) is 18.3. The predicted octanol–water partition coefficient (Wildman–Crippen LogP) is -3.61. The number of carboxylic acids is 1. The van der Waals surface area contributed by atoms with Crippen LogP contribution >= 0.6 is 12.6 Å². The van der Waals surface area contributed by atoms with Crippen molar-refractivity contribution in [2.24, 2.45) is 38.7 Å². The minimum absolute atomic E-state index is 0.0279. The van der Waals surface area contributed by atoms with Crippen molar-refractivity contribution in [1.82, 2.24) is 26.6 Å². The zero-order chi connectivity index (χ0) is 42.5. The fourth-order valence-corrected chi connectivity index (χ4v) is 5.38. The Morgan fingerprint density at radius 3 is 1.56 bits per heavy atom. The number of carbonyl (C=O) groups excluding carboxylic acids is 5. The largest absolute Gasteiger partial charge is 0.508 e. The molecule has 2 aromatic rings. The molecule has 312 valence electrons. The molecule has 0 bridgehead atoms. The number of carbonyl (C=O) groups is 6. The summed E-state index contributed by atoms with van der Waals surface area (Å²) in [6.45, 7) is -0.289. The second kappa shape index (κ2) is 24.3. The number of nitrogens with zero attached hydrogens (tertiary/aromatic N) is 2. The maximum atomic E-state index is 13.4. The Kier molecular flexibility index (Phi) is 20.0. The fourth-order valence-electron chi connectivity index (χ4n) is 5.12. The molecule has 0 fully saturated rings. The van der Waals surface area contributed by atoms with Crippen LogP contribution in [0.25, 0.3) is 0 Å². The minimum Gasteiger partial charge on any atom is -0.508 e. The minimum atomic E-state index is -1.41. The summed E-state index contributed by atoms with van der Waals surface area (Å²) in [6, 6.07) is 5.28. The van der Waals surface area contributed by atoms with E-state index in [4.69, 9.17) is 28.7 Å². The topological polar surface area (TPSA) is 378 Å². The molecule has 0 saturated heterocycles. The zero-order valence-electron chi connectivity index (χ0n) is 31.1. The molecule has 0 aliphatic carbocycles. The summed E-state index contributed by atoms with van der Waals surface area (Å²) in [5.74, 6) is -5.84. The molecule has 18 N–H and O–H groups in total. The molecule has 0 unspecified atom stereocenters. The van der Waals surface area contributed by atoms with Gasteiger partial charge in [0, 0.05) is 31.7 Å². The van der Waals surface area contributed by atoms with E-state index >= 15 is 0 Å². The molecule has 2 aromatic carbocycles. The maximum Gasteiger partial charge on any atom is 0.326 e. The molecular formula is C35H52N12O9S. The van der Waals surface area contributed by atoms with Gasteiger partial charge in [-0.05, 0) is 61.1 Å². The quantitative estimate of drug-likeness (QED) is 0.0211. The third-order valence-electron chi connectivity index (χ3n) is 8.14. The number of benzene rings is 2. The van der Waals surface area contributed by atoms with Crippen molar-refractivity contribution in [2.45, 2.75) is 68.7 Å². The Hall–Kier alpha value is -6.29. The highest BCUT2D eigenvalue weighted by Crippen LogP contribution is 2.14. The first-order valence-corrected chi connectivity index (χ1v) is 18.4. The lowest BCUT2D eigenvalue weighted by Crippen LogP contribution is -2.57. The number of nitrogens with two attached hydrogens (primary N) is 5. The van der Waals surface area contributed by atoms with Crippen LogP contribution in [0.4, 0.5) is 0 Å². The van der Waals surface area contributed by atoms with Crippen molar-refractivity contribution in [3.05, 3.63) is 59.7 Å². The summed E-state index contributed by atoms with van der Waals surface area (Å²) >= 11 is 4.16. The Morgan fingerprint density at radius 1 is 0.614 bits per heavy atom. The normalized spacial score (nSPS) is 13.3. The van der Waals surface area contributed by atoms with E-state index in [0.717, 1.165) is 0 Å². The number of hydrogen-bond acceptors (Lipinski definition) is 12. The first-order valence-electron chi connectivity index (χ1n) is 17.7.